The Morgan fingerprint density at radius 3 is 2.33 bits per heavy atom. The van der Waals surface area contributed by atoms with Gasteiger partial charge in [-0.1, -0.05) is 62.4 Å². The standard InChI is InChI=1S/C18H22FNO/c1-14(2)20-12-18(15-8-4-3-5-9-15)21-13-16-10-6-7-11-17(16)19/h3-11,14,18,20H,12-13H2,1-2H3. The van der Waals surface area contributed by atoms with E-state index >= 15 is 0 Å². The molecule has 0 saturated carbocycles. The minimum Gasteiger partial charge on any atom is -0.367 e. The van der Waals surface area contributed by atoms with E-state index in [1.165, 1.54) is 6.07 Å². The van der Waals surface area contributed by atoms with Gasteiger partial charge in [-0.3, -0.25) is 0 Å². The fourth-order valence-electron chi connectivity index (χ4n) is 2.09. The third-order valence-electron chi connectivity index (χ3n) is 3.28. The molecule has 0 aliphatic heterocycles. The zero-order valence-electron chi connectivity index (χ0n) is 12.6. The maximum atomic E-state index is 13.7. The highest BCUT2D eigenvalue weighted by atomic mass is 19.1. The summed E-state index contributed by atoms with van der Waals surface area (Å²) in [5.74, 6) is -0.221. The molecule has 2 aromatic rings. The Morgan fingerprint density at radius 2 is 1.67 bits per heavy atom. The summed E-state index contributed by atoms with van der Waals surface area (Å²) in [6.07, 6.45) is -0.0896. The summed E-state index contributed by atoms with van der Waals surface area (Å²) in [6.45, 7) is 5.17. The van der Waals surface area contributed by atoms with E-state index in [0.29, 0.717) is 18.2 Å². The van der Waals surface area contributed by atoms with Gasteiger partial charge in [0, 0.05) is 18.2 Å². The van der Waals surface area contributed by atoms with Crippen LogP contribution in [0.3, 0.4) is 0 Å². The van der Waals surface area contributed by atoms with Crippen LogP contribution in [0.5, 0.6) is 0 Å². The molecule has 0 bridgehead atoms. The van der Waals surface area contributed by atoms with Crippen LogP contribution in [-0.2, 0) is 11.3 Å². The first-order valence-corrected chi connectivity index (χ1v) is 7.30. The average molecular weight is 287 g/mol. The molecule has 0 aromatic heterocycles. The normalized spacial score (nSPS) is 12.6. The van der Waals surface area contributed by atoms with Crippen molar-refractivity contribution in [1.29, 1.82) is 0 Å². The molecule has 3 heteroatoms. The second-order valence-corrected chi connectivity index (χ2v) is 5.36. The van der Waals surface area contributed by atoms with Gasteiger partial charge in [0.15, 0.2) is 0 Å². The maximum Gasteiger partial charge on any atom is 0.128 e. The molecule has 1 N–H and O–H groups in total. The van der Waals surface area contributed by atoms with Crippen molar-refractivity contribution in [3.8, 4) is 0 Å². The molecular formula is C18H22FNO. The Morgan fingerprint density at radius 1 is 1.00 bits per heavy atom. The summed E-state index contributed by atoms with van der Waals surface area (Å²) in [5.41, 5.74) is 1.69. The first kappa shape index (κ1) is 15.7. The van der Waals surface area contributed by atoms with Gasteiger partial charge in [0.1, 0.15) is 5.82 Å². The molecule has 21 heavy (non-hydrogen) atoms. The Kier molecular flexibility index (Phi) is 5.90. The highest BCUT2D eigenvalue weighted by Gasteiger charge is 2.13. The van der Waals surface area contributed by atoms with Crippen LogP contribution in [0.2, 0.25) is 0 Å². The molecule has 1 unspecified atom stereocenters. The number of halogens is 1. The molecule has 0 heterocycles. The Balaban J connectivity index is 2.04. The van der Waals surface area contributed by atoms with Gasteiger partial charge in [0.2, 0.25) is 0 Å². The van der Waals surface area contributed by atoms with Crippen LogP contribution in [0.25, 0.3) is 0 Å². The average Bonchev–Trinajstić information content (AvgIpc) is 2.49. The quantitative estimate of drug-likeness (QED) is 0.828. The zero-order valence-corrected chi connectivity index (χ0v) is 12.6. The van der Waals surface area contributed by atoms with Gasteiger partial charge in [-0.25, -0.2) is 4.39 Å². The molecule has 0 radical (unpaired) electrons. The number of ether oxygens (including phenoxy) is 1. The van der Waals surface area contributed by atoms with E-state index in [4.69, 9.17) is 4.74 Å². The second kappa shape index (κ2) is 7.91. The molecule has 2 aromatic carbocycles. The maximum absolute atomic E-state index is 13.7. The molecule has 0 aliphatic carbocycles. The fourth-order valence-corrected chi connectivity index (χ4v) is 2.09. The lowest BCUT2D eigenvalue weighted by Crippen LogP contribution is -2.29. The number of rotatable bonds is 7. The topological polar surface area (TPSA) is 21.3 Å². The van der Waals surface area contributed by atoms with E-state index in [1.54, 1.807) is 12.1 Å². The highest BCUT2D eigenvalue weighted by molar-refractivity contribution is 5.19. The van der Waals surface area contributed by atoms with Crippen LogP contribution >= 0.6 is 0 Å². The van der Waals surface area contributed by atoms with Crippen molar-refractivity contribution >= 4 is 0 Å². The van der Waals surface area contributed by atoms with Gasteiger partial charge in [-0.05, 0) is 11.6 Å². The van der Waals surface area contributed by atoms with Crippen molar-refractivity contribution in [1.82, 2.24) is 5.32 Å². The predicted octanol–water partition coefficient (Wildman–Crippen LogP) is 4.08. The number of benzene rings is 2. The van der Waals surface area contributed by atoms with Crippen LogP contribution in [0.4, 0.5) is 4.39 Å². The van der Waals surface area contributed by atoms with Gasteiger partial charge < -0.3 is 10.1 Å². The monoisotopic (exact) mass is 287 g/mol. The van der Waals surface area contributed by atoms with Crippen LogP contribution in [-0.4, -0.2) is 12.6 Å². The SMILES string of the molecule is CC(C)NCC(OCc1ccccc1F)c1ccccc1. The first-order valence-electron chi connectivity index (χ1n) is 7.30. The van der Waals surface area contributed by atoms with Crippen LogP contribution < -0.4 is 5.32 Å². The van der Waals surface area contributed by atoms with Crippen LogP contribution in [0.1, 0.15) is 31.1 Å². The summed E-state index contributed by atoms with van der Waals surface area (Å²) in [6, 6.07) is 17.1. The van der Waals surface area contributed by atoms with E-state index in [9.17, 15) is 4.39 Å². The van der Waals surface area contributed by atoms with E-state index in [-0.39, 0.29) is 18.5 Å². The van der Waals surface area contributed by atoms with Crippen molar-refractivity contribution in [2.75, 3.05) is 6.54 Å². The summed E-state index contributed by atoms with van der Waals surface area (Å²) in [7, 11) is 0. The van der Waals surface area contributed by atoms with E-state index in [2.05, 4.69) is 19.2 Å². The summed E-state index contributed by atoms with van der Waals surface area (Å²) < 4.78 is 19.6. The molecule has 0 saturated heterocycles. The summed E-state index contributed by atoms with van der Waals surface area (Å²) in [4.78, 5) is 0. The first-order chi connectivity index (χ1) is 10.2. The summed E-state index contributed by atoms with van der Waals surface area (Å²) in [5, 5.41) is 3.38. The second-order valence-electron chi connectivity index (χ2n) is 5.36. The van der Waals surface area contributed by atoms with Gasteiger partial charge in [-0.2, -0.15) is 0 Å². The van der Waals surface area contributed by atoms with Gasteiger partial charge >= 0.3 is 0 Å². The Labute approximate surface area is 126 Å². The number of hydrogen-bond donors (Lipinski definition) is 1. The molecule has 0 aliphatic rings. The smallest absolute Gasteiger partial charge is 0.128 e. The van der Waals surface area contributed by atoms with Crippen molar-refractivity contribution in [2.45, 2.75) is 32.6 Å². The van der Waals surface area contributed by atoms with Gasteiger partial charge in [0.05, 0.1) is 12.7 Å². The summed E-state index contributed by atoms with van der Waals surface area (Å²) >= 11 is 0. The van der Waals surface area contributed by atoms with Crippen LogP contribution in [0.15, 0.2) is 54.6 Å². The lowest BCUT2D eigenvalue weighted by molar-refractivity contribution is 0.0371. The van der Waals surface area contributed by atoms with Gasteiger partial charge in [0.25, 0.3) is 0 Å². The van der Waals surface area contributed by atoms with E-state index in [0.717, 1.165) is 5.56 Å². The predicted molar refractivity (Wildman–Crippen MR) is 83.5 cm³/mol. The molecule has 0 amide bonds. The minimum absolute atomic E-state index is 0.0896. The molecule has 0 fully saturated rings. The molecule has 112 valence electrons. The van der Waals surface area contributed by atoms with Crippen LogP contribution in [0, 0.1) is 5.82 Å². The lowest BCUT2D eigenvalue weighted by atomic mass is 10.1. The van der Waals surface area contributed by atoms with Gasteiger partial charge in [-0.15, -0.1) is 0 Å². The molecular weight excluding hydrogens is 265 g/mol. The lowest BCUT2D eigenvalue weighted by Gasteiger charge is -2.20. The molecule has 0 spiro atoms. The van der Waals surface area contributed by atoms with E-state index < -0.39 is 0 Å². The number of nitrogens with one attached hydrogen (secondary N) is 1. The third kappa shape index (κ3) is 4.96. The van der Waals surface area contributed by atoms with Crippen molar-refractivity contribution in [3.05, 3.63) is 71.5 Å². The minimum atomic E-state index is -0.221. The van der Waals surface area contributed by atoms with Crippen molar-refractivity contribution < 1.29 is 9.13 Å². The van der Waals surface area contributed by atoms with E-state index in [1.807, 2.05) is 36.4 Å². The fraction of sp³-hybridized carbons (Fsp3) is 0.333. The molecule has 1 atom stereocenters. The third-order valence-corrected chi connectivity index (χ3v) is 3.28. The molecule has 2 nitrogen and oxygen atoms in total. The largest absolute Gasteiger partial charge is 0.367 e. The molecule has 2 rings (SSSR count). The Bertz CT molecular complexity index is 542. The number of hydrogen-bond acceptors (Lipinski definition) is 2. The zero-order chi connectivity index (χ0) is 15.1. The Hall–Kier alpha value is -1.71. The highest BCUT2D eigenvalue weighted by Crippen LogP contribution is 2.19. The van der Waals surface area contributed by atoms with Crippen molar-refractivity contribution in [2.24, 2.45) is 0 Å². The van der Waals surface area contributed by atoms with Crippen molar-refractivity contribution in [3.63, 3.8) is 0 Å².